The average Bonchev–Trinajstić information content (AvgIpc) is 3.91. The van der Waals surface area contributed by atoms with Crippen molar-refractivity contribution >= 4 is 35.4 Å². The first-order valence-electron chi connectivity index (χ1n) is 22.5. The normalized spacial score (nSPS) is 40.0. The largest absolute Gasteiger partial charge is 0.365 e. The topological polar surface area (TPSA) is 129 Å². The van der Waals surface area contributed by atoms with Crippen LogP contribution in [0, 0.1) is 35.0 Å². The Morgan fingerprint density at radius 3 is 2.62 bits per heavy atom. The lowest BCUT2D eigenvalue weighted by molar-refractivity contribution is -0.122. The van der Waals surface area contributed by atoms with Crippen molar-refractivity contribution in [2.75, 3.05) is 31.9 Å². The average molecular weight is 792 g/mol. The highest BCUT2D eigenvalue weighted by Crippen LogP contribution is 2.65. The van der Waals surface area contributed by atoms with Gasteiger partial charge in [-0.3, -0.25) is 19.3 Å². The number of amides is 4. The third kappa shape index (κ3) is 7.76. The summed E-state index contributed by atoms with van der Waals surface area (Å²) in [5.41, 5.74) is 4.66. The lowest BCUT2D eigenvalue weighted by Crippen LogP contribution is -2.54. The molecule has 4 N–H and O–H groups in total. The van der Waals surface area contributed by atoms with Crippen LogP contribution in [0.15, 0.2) is 22.8 Å². The second-order valence-electron chi connectivity index (χ2n) is 19.4. The number of piperidine rings is 1. The van der Waals surface area contributed by atoms with Crippen LogP contribution in [0.1, 0.15) is 130 Å². The smallest absolute Gasteiger partial charge is 0.315 e. The number of carbonyl (C=O) groups is 4. The van der Waals surface area contributed by atoms with Gasteiger partial charge < -0.3 is 26.0 Å². The minimum Gasteiger partial charge on any atom is -0.365 e. The van der Waals surface area contributed by atoms with Crippen molar-refractivity contribution in [2.24, 2.45) is 35.0 Å². The Labute approximate surface area is 339 Å². The summed E-state index contributed by atoms with van der Waals surface area (Å²) in [6.07, 6.45) is 17.5. The van der Waals surface area contributed by atoms with Gasteiger partial charge >= 0.3 is 6.03 Å². The number of Topliss-reactive ketones (excluding diaryl/α,β-unsaturated/α-hetero) is 1. The van der Waals surface area contributed by atoms with E-state index in [4.69, 9.17) is 4.74 Å². The maximum absolute atomic E-state index is 12.8. The molecule has 4 saturated heterocycles. The molecule has 4 amide bonds. The molecule has 1 spiro atoms. The van der Waals surface area contributed by atoms with Crippen molar-refractivity contribution < 1.29 is 23.9 Å². The molecule has 12 atom stereocenters. The third-order valence-electron chi connectivity index (χ3n) is 16.2. The standard InChI is InChI=1S/C45H69N5O5S/c1-27-22-37-42(29(3)45(55-37)18-16-32-33-14-13-30-23-31(51)15-17-44(30,4)35(33)24-34(32)28(45)2)50(25-27)21-20-47-40(53)11-6-5-9-19-46-39(52)12-8-7-10-38-41-36(26-56-38)48-43(54)49-41/h13,27,29,32-33,35-38,41-42H,5-12,14-26H2,1-4H3,(H,46,52)(H,47,53)(H2,48,49,54)/t27-,29+,32-,33-,35-,36-,37+,38?,41-,42-,44-,45-/m0/s1. The zero-order valence-electron chi connectivity index (χ0n) is 34.6. The summed E-state index contributed by atoms with van der Waals surface area (Å²) in [5.74, 6) is 4.61. The minimum atomic E-state index is -0.188. The molecule has 4 heterocycles. The number of likely N-dealkylation sites (tertiary alicyclic amines) is 1. The fraction of sp³-hybridized carbons (Fsp3) is 0.822. The van der Waals surface area contributed by atoms with Crippen LogP contribution in [0.4, 0.5) is 4.79 Å². The van der Waals surface area contributed by atoms with E-state index < -0.39 is 0 Å². The summed E-state index contributed by atoms with van der Waals surface area (Å²) in [5, 5.41) is 12.7. The predicted octanol–water partition coefficient (Wildman–Crippen LogP) is 6.44. The molecule has 4 aliphatic heterocycles. The van der Waals surface area contributed by atoms with Gasteiger partial charge in [0.15, 0.2) is 0 Å². The zero-order valence-corrected chi connectivity index (χ0v) is 35.4. The van der Waals surface area contributed by atoms with E-state index in [1.54, 1.807) is 5.57 Å². The number of allylic oxidation sites excluding steroid dienone is 3. The van der Waals surface area contributed by atoms with Crippen LogP contribution in [0.5, 0.6) is 0 Å². The van der Waals surface area contributed by atoms with E-state index in [0.717, 1.165) is 89.5 Å². The first-order valence-corrected chi connectivity index (χ1v) is 23.6. The first kappa shape index (κ1) is 40.4. The monoisotopic (exact) mass is 792 g/mol. The summed E-state index contributed by atoms with van der Waals surface area (Å²) in [7, 11) is 0. The van der Waals surface area contributed by atoms with Crippen molar-refractivity contribution in [1.29, 1.82) is 0 Å². The molecule has 0 aromatic rings. The van der Waals surface area contributed by atoms with Gasteiger partial charge in [0, 0.05) is 74.8 Å². The molecule has 8 aliphatic rings. The number of thioether (sulfide) groups is 1. The van der Waals surface area contributed by atoms with Gasteiger partial charge in [-0.15, -0.1) is 0 Å². The van der Waals surface area contributed by atoms with Gasteiger partial charge in [-0.1, -0.05) is 50.8 Å². The Morgan fingerprint density at radius 1 is 1.02 bits per heavy atom. The van der Waals surface area contributed by atoms with Crippen LogP contribution in [0.25, 0.3) is 0 Å². The number of hydrogen-bond donors (Lipinski definition) is 4. The Bertz CT molecular complexity index is 1600. The Kier molecular flexibility index (Phi) is 12.1. The number of unbranched alkanes of at least 4 members (excludes halogenated alkanes) is 3. The van der Waals surface area contributed by atoms with Crippen molar-refractivity contribution in [1.82, 2.24) is 26.2 Å². The predicted molar refractivity (Wildman–Crippen MR) is 221 cm³/mol. The van der Waals surface area contributed by atoms with Crippen molar-refractivity contribution in [2.45, 2.75) is 166 Å². The molecule has 8 rings (SSSR count). The van der Waals surface area contributed by atoms with Gasteiger partial charge in [0.05, 0.1) is 23.8 Å². The SMILES string of the molecule is CC1=C2C[C@H]3[C@@H](CC=C4CC(=O)CC[C@@]43C)[C@@H]2CC[C@]12O[C@@H]1C[C@H](C)CN(CCNC(=O)CCCCCNC(=O)CCCCC3SC[C@@H]4NC(=O)N[C@H]34)[C@H]1[C@H]2C. The zero-order chi connectivity index (χ0) is 39.2. The number of nitrogens with one attached hydrogen (secondary N) is 4. The molecule has 10 nitrogen and oxygen atoms in total. The molecule has 11 heteroatoms. The molecule has 0 bridgehead atoms. The number of rotatable bonds is 14. The van der Waals surface area contributed by atoms with E-state index in [1.165, 1.54) is 24.0 Å². The van der Waals surface area contributed by atoms with Gasteiger partial charge in [0.25, 0.3) is 0 Å². The van der Waals surface area contributed by atoms with Crippen LogP contribution in [0.3, 0.4) is 0 Å². The Hall–Kier alpha value is -2.37. The molecule has 56 heavy (non-hydrogen) atoms. The van der Waals surface area contributed by atoms with Crippen LogP contribution < -0.4 is 21.3 Å². The number of fused-ring (bicyclic) bond motifs is 7. The molecule has 310 valence electrons. The van der Waals surface area contributed by atoms with Crippen molar-refractivity contribution in [3.05, 3.63) is 22.8 Å². The minimum absolute atomic E-state index is 0.0486. The van der Waals surface area contributed by atoms with Crippen molar-refractivity contribution in [3.63, 3.8) is 0 Å². The second kappa shape index (κ2) is 16.7. The van der Waals surface area contributed by atoms with Crippen molar-refractivity contribution in [3.8, 4) is 0 Å². The molecule has 2 saturated carbocycles. The molecular weight excluding hydrogens is 723 g/mol. The summed E-state index contributed by atoms with van der Waals surface area (Å²) < 4.78 is 7.33. The summed E-state index contributed by atoms with van der Waals surface area (Å²) in [6, 6.07) is 0.804. The molecule has 0 radical (unpaired) electrons. The molecule has 0 aromatic carbocycles. The number of ether oxygens (including phenoxy) is 1. The molecule has 6 fully saturated rings. The lowest BCUT2D eigenvalue weighted by atomic mass is 9.57. The summed E-state index contributed by atoms with van der Waals surface area (Å²) >= 11 is 1.92. The lowest BCUT2D eigenvalue weighted by Gasteiger charge is -2.47. The van der Waals surface area contributed by atoms with Crippen LogP contribution in [-0.2, 0) is 19.1 Å². The number of urea groups is 1. The molecular formula is C45H69N5O5S. The Balaban J connectivity index is 0.746. The summed E-state index contributed by atoms with van der Waals surface area (Å²) in [4.78, 5) is 51.8. The van der Waals surface area contributed by atoms with Gasteiger partial charge in [-0.2, -0.15) is 11.8 Å². The van der Waals surface area contributed by atoms with E-state index in [2.05, 4.69) is 59.9 Å². The quantitative estimate of drug-likeness (QED) is 0.0906. The number of carbonyl (C=O) groups excluding carboxylic acids is 4. The number of ketones is 1. The van der Waals surface area contributed by atoms with E-state index in [-0.39, 0.29) is 47.0 Å². The highest BCUT2D eigenvalue weighted by molar-refractivity contribution is 8.00. The maximum Gasteiger partial charge on any atom is 0.315 e. The highest BCUT2D eigenvalue weighted by atomic mass is 32.2. The van der Waals surface area contributed by atoms with E-state index in [9.17, 15) is 19.2 Å². The fourth-order valence-electron chi connectivity index (χ4n) is 13.2. The van der Waals surface area contributed by atoms with Crippen LogP contribution >= 0.6 is 11.8 Å². The second-order valence-corrected chi connectivity index (χ2v) is 20.7. The fourth-order valence-corrected chi connectivity index (χ4v) is 14.7. The van der Waals surface area contributed by atoms with E-state index >= 15 is 0 Å². The highest BCUT2D eigenvalue weighted by Gasteiger charge is 2.61. The van der Waals surface area contributed by atoms with Gasteiger partial charge in [-0.25, -0.2) is 4.79 Å². The Morgan fingerprint density at radius 2 is 1.80 bits per heavy atom. The number of hydrogen-bond acceptors (Lipinski definition) is 7. The number of nitrogens with zero attached hydrogens (tertiary/aromatic N) is 1. The van der Waals surface area contributed by atoms with Crippen LogP contribution in [-0.4, -0.2) is 95.5 Å². The van der Waals surface area contributed by atoms with Gasteiger partial charge in [0.2, 0.25) is 11.8 Å². The third-order valence-corrected chi connectivity index (χ3v) is 17.7. The van der Waals surface area contributed by atoms with E-state index in [1.807, 2.05) is 11.8 Å². The van der Waals surface area contributed by atoms with E-state index in [0.29, 0.717) is 79.0 Å². The summed E-state index contributed by atoms with van der Waals surface area (Å²) in [6.45, 7) is 12.9. The molecule has 0 aromatic heterocycles. The molecule has 1 unspecified atom stereocenters. The maximum atomic E-state index is 12.8. The first-order chi connectivity index (χ1) is 27.0. The van der Waals surface area contributed by atoms with Gasteiger partial charge in [-0.05, 0) is 106 Å². The van der Waals surface area contributed by atoms with Crippen LogP contribution in [0.2, 0.25) is 0 Å². The molecule has 4 aliphatic carbocycles. The van der Waals surface area contributed by atoms with Gasteiger partial charge in [0.1, 0.15) is 5.78 Å².